The molecule has 0 radical (unpaired) electrons. The van der Waals surface area contributed by atoms with Crippen molar-refractivity contribution >= 4 is 28.9 Å². The minimum absolute atomic E-state index is 0.357. The largest absolute Gasteiger partial charge is 0.378 e. The molecule has 3 heteroatoms. The summed E-state index contributed by atoms with van der Waals surface area (Å²) in [7, 11) is 0. The first-order valence-electron chi connectivity index (χ1n) is 6.03. The fourth-order valence-electron chi connectivity index (χ4n) is 2.41. The summed E-state index contributed by atoms with van der Waals surface area (Å²) in [5, 5.41) is 5.14. The van der Waals surface area contributed by atoms with Gasteiger partial charge < -0.3 is 5.32 Å². The molecule has 1 nitrogen and oxygen atoms in total. The van der Waals surface area contributed by atoms with Crippen molar-refractivity contribution in [1.29, 1.82) is 0 Å². The van der Waals surface area contributed by atoms with Gasteiger partial charge in [0.2, 0.25) is 0 Å². The zero-order chi connectivity index (χ0) is 12.5. The Labute approximate surface area is 117 Å². The Morgan fingerprint density at radius 2 is 1.67 bits per heavy atom. The number of hydrogen-bond acceptors (Lipinski definition) is 1. The van der Waals surface area contributed by atoms with Crippen LogP contribution in [0.1, 0.15) is 23.6 Å². The number of nitrogens with one attached hydrogen (secondary N) is 1. The van der Waals surface area contributed by atoms with Crippen LogP contribution in [0.5, 0.6) is 0 Å². The first-order valence-corrected chi connectivity index (χ1v) is 6.78. The number of hydrogen-bond donors (Lipinski definition) is 1. The molecule has 2 aromatic carbocycles. The van der Waals surface area contributed by atoms with Crippen LogP contribution in [0.2, 0.25) is 10.0 Å². The van der Waals surface area contributed by atoms with Crippen LogP contribution in [0, 0.1) is 0 Å². The van der Waals surface area contributed by atoms with E-state index in [2.05, 4.69) is 23.5 Å². The first kappa shape index (κ1) is 11.9. The number of aryl methyl sites for hydroxylation is 1. The van der Waals surface area contributed by atoms with Gasteiger partial charge in [-0.05, 0) is 54.3 Å². The summed E-state index contributed by atoms with van der Waals surface area (Å²) in [5.41, 5.74) is 3.76. The third-order valence-electron chi connectivity index (χ3n) is 3.37. The zero-order valence-electron chi connectivity index (χ0n) is 9.79. The molecule has 1 N–H and O–H groups in total. The van der Waals surface area contributed by atoms with Gasteiger partial charge in [-0.15, -0.1) is 0 Å². The molecule has 1 unspecified atom stereocenters. The first-order chi connectivity index (χ1) is 8.72. The zero-order valence-corrected chi connectivity index (χ0v) is 11.3. The Hall–Kier alpha value is -1.18. The number of halogens is 2. The summed E-state index contributed by atoms with van der Waals surface area (Å²) in [6, 6.07) is 14.4. The van der Waals surface area contributed by atoms with Crippen LogP contribution in [0.25, 0.3) is 0 Å². The van der Waals surface area contributed by atoms with E-state index in [0.29, 0.717) is 6.04 Å². The number of rotatable bonds is 1. The van der Waals surface area contributed by atoms with Crippen molar-refractivity contribution in [2.24, 2.45) is 0 Å². The molecule has 18 heavy (non-hydrogen) atoms. The average molecular weight is 278 g/mol. The quantitative estimate of drug-likeness (QED) is 0.765. The maximum Gasteiger partial charge on any atom is 0.0517 e. The molecule has 2 aromatic rings. The van der Waals surface area contributed by atoms with Crippen LogP contribution >= 0.6 is 23.2 Å². The van der Waals surface area contributed by atoms with Crippen LogP contribution in [0.3, 0.4) is 0 Å². The molecule has 0 fully saturated rings. The van der Waals surface area contributed by atoms with Crippen LogP contribution in [0.4, 0.5) is 5.69 Å². The Bertz CT molecular complexity index is 563. The standard InChI is InChI=1S/C15H13Cl2N/c16-12-4-1-10(2-5-12)14-7-3-11-9-13(17)6-8-15(11)18-14/h1-2,4-6,8-9,14,18H,3,7H2. The van der Waals surface area contributed by atoms with Gasteiger partial charge >= 0.3 is 0 Å². The molecule has 1 aliphatic rings. The van der Waals surface area contributed by atoms with E-state index in [4.69, 9.17) is 23.2 Å². The summed E-state index contributed by atoms with van der Waals surface area (Å²) >= 11 is 11.9. The number of fused-ring (bicyclic) bond motifs is 1. The second-order valence-corrected chi connectivity index (χ2v) is 5.46. The van der Waals surface area contributed by atoms with Crippen LogP contribution in [-0.2, 0) is 6.42 Å². The highest BCUT2D eigenvalue weighted by Gasteiger charge is 2.19. The van der Waals surface area contributed by atoms with Crippen molar-refractivity contribution in [1.82, 2.24) is 0 Å². The van der Waals surface area contributed by atoms with Gasteiger partial charge in [0.15, 0.2) is 0 Å². The SMILES string of the molecule is Clc1ccc(C2CCc3cc(Cl)ccc3N2)cc1. The molecule has 3 rings (SSSR count). The molecule has 0 saturated carbocycles. The summed E-state index contributed by atoms with van der Waals surface area (Å²) in [6.07, 6.45) is 2.13. The van der Waals surface area contributed by atoms with E-state index >= 15 is 0 Å². The van der Waals surface area contributed by atoms with Crippen LogP contribution in [0.15, 0.2) is 42.5 Å². The van der Waals surface area contributed by atoms with Crippen molar-refractivity contribution in [3.63, 3.8) is 0 Å². The minimum Gasteiger partial charge on any atom is -0.378 e. The Morgan fingerprint density at radius 3 is 2.44 bits per heavy atom. The lowest BCUT2D eigenvalue weighted by Crippen LogP contribution is -2.17. The highest BCUT2D eigenvalue weighted by Crippen LogP contribution is 2.34. The van der Waals surface area contributed by atoms with E-state index in [1.165, 1.54) is 16.8 Å². The van der Waals surface area contributed by atoms with Crippen molar-refractivity contribution in [2.75, 3.05) is 5.32 Å². The molecule has 0 saturated heterocycles. The van der Waals surface area contributed by atoms with E-state index in [0.717, 1.165) is 22.9 Å². The molecule has 92 valence electrons. The molecular weight excluding hydrogens is 265 g/mol. The molecule has 0 amide bonds. The normalized spacial score (nSPS) is 18.0. The van der Waals surface area contributed by atoms with E-state index < -0.39 is 0 Å². The third kappa shape index (κ3) is 2.33. The minimum atomic E-state index is 0.357. The Kier molecular flexibility index (Phi) is 3.19. The average Bonchev–Trinajstić information content (AvgIpc) is 2.39. The predicted octanol–water partition coefficient (Wildman–Crippen LogP) is 5.09. The molecule has 0 spiro atoms. The van der Waals surface area contributed by atoms with Crippen molar-refractivity contribution in [3.8, 4) is 0 Å². The second-order valence-electron chi connectivity index (χ2n) is 4.59. The summed E-state index contributed by atoms with van der Waals surface area (Å²) in [5.74, 6) is 0. The third-order valence-corrected chi connectivity index (χ3v) is 3.86. The van der Waals surface area contributed by atoms with Gasteiger partial charge in [0.1, 0.15) is 0 Å². The molecule has 0 aliphatic carbocycles. The topological polar surface area (TPSA) is 12.0 Å². The van der Waals surface area contributed by atoms with E-state index in [-0.39, 0.29) is 0 Å². The smallest absolute Gasteiger partial charge is 0.0517 e. The summed E-state index contributed by atoms with van der Waals surface area (Å²) < 4.78 is 0. The lowest BCUT2D eigenvalue weighted by molar-refractivity contribution is 0.668. The second kappa shape index (κ2) is 4.83. The fraction of sp³-hybridized carbons (Fsp3) is 0.200. The van der Waals surface area contributed by atoms with Gasteiger partial charge in [0.25, 0.3) is 0 Å². The molecule has 1 aliphatic heterocycles. The van der Waals surface area contributed by atoms with Crippen LogP contribution in [-0.4, -0.2) is 0 Å². The van der Waals surface area contributed by atoms with Gasteiger partial charge in [-0.3, -0.25) is 0 Å². The highest BCUT2D eigenvalue weighted by molar-refractivity contribution is 6.31. The van der Waals surface area contributed by atoms with E-state index in [1.807, 2.05) is 24.3 Å². The molecule has 0 aromatic heterocycles. The van der Waals surface area contributed by atoms with E-state index in [9.17, 15) is 0 Å². The van der Waals surface area contributed by atoms with E-state index in [1.54, 1.807) is 0 Å². The molecule has 0 bridgehead atoms. The van der Waals surface area contributed by atoms with Gasteiger partial charge in [0, 0.05) is 15.7 Å². The maximum absolute atomic E-state index is 6.01. The predicted molar refractivity (Wildman–Crippen MR) is 77.6 cm³/mol. The number of benzene rings is 2. The molecule has 1 atom stereocenters. The number of anilines is 1. The summed E-state index contributed by atoms with van der Waals surface area (Å²) in [6.45, 7) is 0. The van der Waals surface area contributed by atoms with Crippen molar-refractivity contribution < 1.29 is 0 Å². The molecular formula is C15H13Cl2N. The molecule has 1 heterocycles. The maximum atomic E-state index is 6.01. The van der Waals surface area contributed by atoms with Gasteiger partial charge in [-0.1, -0.05) is 35.3 Å². The fourth-order valence-corrected chi connectivity index (χ4v) is 2.74. The van der Waals surface area contributed by atoms with Crippen LogP contribution < -0.4 is 5.32 Å². The monoisotopic (exact) mass is 277 g/mol. The Morgan fingerprint density at radius 1 is 0.944 bits per heavy atom. The highest BCUT2D eigenvalue weighted by atomic mass is 35.5. The lowest BCUT2D eigenvalue weighted by atomic mass is 9.93. The van der Waals surface area contributed by atoms with Gasteiger partial charge in [-0.2, -0.15) is 0 Å². The lowest BCUT2D eigenvalue weighted by Gasteiger charge is -2.27. The Balaban J connectivity index is 1.86. The van der Waals surface area contributed by atoms with Crippen molar-refractivity contribution in [2.45, 2.75) is 18.9 Å². The van der Waals surface area contributed by atoms with Gasteiger partial charge in [0.05, 0.1) is 6.04 Å². The summed E-state index contributed by atoms with van der Waals surface area (Å²) in [4.78, 5) is 0. The van der Waals surface area contributed by atoms with Crippen molar-refractivity contribution in [3.05, 3.63) is 63.6 Å². The van der Waals surface area contributed by atoms with Gasteiger partial charge in [-0.25, -0.2) is 0 Å².